The van der Waals surface area contributed by atoms with Gasteiger partial charge in [-0.3, -0.25) is 9.59 Å². The molecule has 0 bridgehead atoms. The Bertz CT molecular complexity index is 319. The standard InChI is InChI=1S/C12H22N2O5/c1-4-19-10(15)6-8-14(3)12(18)13-7-5-9(2)11(16)17/h9H,4-8H2,1-3H3,(H,13,18)(H,16,17). The van der Waals surface area contributed by atoms with Gasteiger partial charge in [-0.15, -0.1) is 0 Å². The third kappa shape index (κ3) is 8.01. The van der Waals surface area contributed by atoms with E-state index in [0.717, 1.165) is 0 Å². The van der Waals surface area contributed by atoms with Crippen molar-refractivity contribution in [3.8, 4) is 0 Å². The summed E-state index contributed by atoms with van der Waals surface area (Å²) in [5.41, 5.74) is 0. The highest BCUT2D eigenvalue weighted by Crippen LogP contribution is 2.00. The van der Waals surface area contributed by atoms with Crippen LogP contribution in [0.15, 0.2) is 0 Å². The van der Waals surface area contributed by atoms with Crippen LogP contribution in [0.4, 0.5) is 4.79 Å². The maximum Gasteiger partial charge on any atom is 0.317 e. The van der Waals surface area contributed by atoms with E-state index in [2.05, 4.69) is 5.32 Å². The smallest absolute Gasteiger partial charge is 0.317 e. The van der Waals surface area contributed by atoms with Crippen molar-refractivity contribution in [2.75, 3.05) is 26.7 Å². The number of rotatable bonds is 8. The number of nitrogens with zero attached hydrogens (tertiary/aromatic N) is 1. The number of esters is 1. The molecular weight excluding hydrogens is 252 g/mol. The molecule has 2 N–H and O–H groups in total. The van der Waals surface area contributed by atoms with Gasteiger partial charge in [0.2, 0.25) is 0 Å². The van der Waals surface area contributed by atoms with Crippen LogP contribution < -0.4 is 5.32 Å². The fourth-order valence-corrected chi connectivity index (χ4v) is 1.25. The van der Waals surface area contributed by atoms with Crippen LogP contribution in [0.3, 0.4) is 0 Å². The van der Waals surface area contributed by atoms with Crippen LogP contribution in [0, 0.1) is 5.92 Å². The Kier molecular flexibility index (Phi) is 8.32. The average Bonchev–Trinajstić information content (AvgIpc) is 2.35. The number of carboxylic acid groups (broad SMARTS) is 1. The van der Waals surface area contributed by atoms with E-state index in [-0.39, 0.29) is 31.5 Å². The first-order valence-electron chi connectivity index (χ1n) is 6.25. The van der Waals surface area contributed by atoms with Crippen LogP contribution in [-0.4, -0.2) is 54.7 Å². The fourth-order valence-electron chi connectivity index (χ4n) is 1.25. The molecule has 0 rings (SSSR count). The maximum absolute atomic E-state index is 11.6. The van der Waals surface area contributed by atoms with E-state index in [0.29, 0.717) is 13.0 Å². The molecule has 0 aromatic rings. The third-order valence-electron chi connectivity index (χ3n) is 2.58. The number of carbonyl (C=O) groups excluding carboxylic acids is 2. The summed E-state index contributed by atoms with van der Waals surface area (Å²) in [4.78, 5) is 34.6. The van der Waals surface area contributed by atoms with E-state index in [4.69, 9.17) is 9.84 Å². The summed E-state index contributed by atoms with van der Waals surface area (Å²) in [7, 11) is 1.56. The largest absolute Gasteiger partial charge is 0.481 e. The summed E-state index contributed by atoms with van der Waals surface area (Å²) in [6.07, 6.45) is 0.510. The first kappa shape index (κ1) is 17.2. The van der Waals surface area contributed by atoms with E-state index >= 15 is 0 Å². The van der Waals surface area contributed by atoms with E-state index in [1.165, 1.54) is 4.90 Å². The molecule has 19 heavy (non-hydrogen) atoms. The molecule has 1 unspecified atom stereocenters. The maximum atomic E-state index is 11.6. The average molecular weight is 274 g/mol. The zero-order chi connectivity index (χ0) is 14.8. The Morgan fingerprint density at radius 2 is 2.00 bits per heavy atom. The lowest BCUT2D eigenvalue weighted by Gasteiger charge is -2.17. The van der Waals surface area contributed by atoms with E-state index in [1.807, 2.05) is 0 Å². The first-order chi connectivity index (χ1) is 8.88. The summed E-state index contributed by atoms with van der Waals surface area (Å²) in [6, 6.07) is -0.332. The number of urea groups is 1. The lowest BCUT2D eigenvalue weighted by Crippen LogP contribution is -2.39. The van der Waals surface area contributed by atoms with Crippen molar-refractivity contribution in [2.24, 2.45) is 5.92 Å². The fraction of sp³-hybridized carbons (Fsp3) is 0.750. The molecular formula is C12H22N2O5. The summed E-state index contributed by atoms with van der Waals surface area (Å²) < 4.78 is 4.75. The van der Waals surface area contributed by atoms with Gasteiger partial charge < -0.3 is 20.1 Å². The van der Waals surface area contributed by atoms with E-state index in [9.17, 15) is 14.4 Å². The summed E-state index contributed by atoms with van der Waals surface area (Å²) in [5.74, 6) is -1.73. The van der Waals surface area contributed by atoms with Gasteiger partial charge >= 0.3 is 18.0 Å². The molecule has 0 spiro atoms. The Morgan fingerprint density at radius 3 is 2.53 bits per heavy atom. The lowest BCUT2D eigenvalue weighted by molar-refractivity contribution is -0.143. The zero-order valence-electron chi connectivity index (χ0n) is 11.6. The van der Waals surface area contributed by atoms with Crippen molar-refractivity contribution >= 4 is 18.0 Å². The Balaban J connectivity index is 3.82. The molecule has 2 amide bonds. The molecule has 0 heterocycles. The second kappa shape index (κ2) is 9.18. The molecule has 110 valence electrons. The van der Waals surface area contributed by atoms with Gasteiger partial charge in [0, 0.05) is 20.1 Å². The highest BCUT2D eigenvalue weighted by molar-refractivity contribution is 5.75. The van der Waals surface area contributed by atoms with E-state index in [1.54, 1.807) is 20.9 Å². The number of hydrogen-bond acceptors (Lipinski definition) is 4. The Morgan fingerprint density at radius 1 is 1.37 bits per heavy atom. The van der Waals surface area contributed by atoms with E-state index < -0.39 is 11.9 Å². The monoisotopic (exact) mass is 274 g/mol. The quantitative estimate of drug-likeness (QED) is 0.635. The summed E-state index contributed by atoms with van der Waals surface area (Å²) >= 11 is 0. The molecule has 0 saturated heterocycles. The number of aliphatic carboxylic acids is 1. The molecule has 7 heteroatoms. The molecule has 1 atom stereocenters. The molecule has 0 aliphatic heterocycles. The van der Waals surface area contributed by atoms with Gasteiger partial charge in [-0.05, 0) is 13.3 Å². The molecule has 0 aliphatic carbocycles. The minimum Gasteiger partial charge on any atom is -0.481 e. The Labute approximate surface area is 112 Å². The third-order valence-corrected chi connectivity index (χ3v) is 2.58. The molecule has 0 aliphatic rings. The van der Waals surface area contributed by atoms with Crippen molar-refractivity contribution < 1.29 is 24.2 Å². The molecule has 0 radical (unpaired) electrons. The van der Waals surface area contributed by atoms with Gasteiger partial charge in [0.05, 0.1) is 18.9 Å². The molecule has 0 aromatic heterocycles. The van der Waals surface area contributed by atoms with Gasteiger partial charge in [-0.1, -0.05) is 6.92 Å². The lowest BCUT2D eigenvalue weighted by atomic mass is 10.1. The van der Waals surface area contributed by atoms with Crippen molar-refractivity contribution in [3.63, 3.8) is 0 Å². The highest BCUT2D eigenvalue weighted by atomic mass is 16.5. The molecule has 0 saturated carbocycles. The van der Waals surface area contributed by atoms with Gasteiger partial charge in [-0.25, -0.2) is 4.79 Å². The summed E-state index contributed by atoms with van der Waals surface area (Å²) in [5, 5.41) is 11.3. The second-order valence-electron chi connectivity index (χ2n) is 4.24. The topological polar surface area (TPSA) is 95.9 Å². The normalized spacial score (nSPS) is 11.5. The minimum atomic E-state index is -0.884. The van der Waals surface area contributed by atoms with Crippen molar-refractivity contribution in [2.45, 2.75) is 26.7 Å². The van der Waals surface area contributed by atoms with Gasteiger partial charge in [0.25, 0.3) is 0 Å². The predicted molar refractivity (Wildman–Crippen MR) is 68.7 cm³/mol. The van der Waals surface area contributed by atoms with Crippen LogP contribution in [0.25, 0.3) is 0 Å². The van der Waals surface area contributed by atoms with Gasteiger partial charge in [0.1, 0.15) is 0 Å². The predicted octanol–water partition coefficient (Wildman–Crippen LogP) is 0.692. The van der Waals surface area contributed by atoms with Gasteiger partial charge in [0.15, 0.2) is 0 Å². The van der Waals surface area contributed by atoms with Crippen LogP contribution in [0.1, 0.15) is 26.7 Å². The van der Waals surface area contributed by atoms with Crippen LogP contribution >= 0.6 is 0 Å². The Hall–Kier alpha value is -1.79. The number of carboxylic acids is 1. The highest BCUT2D eigenvalue weighted by Gasteiger charge is 2.13. The number of nitrogens with one attached hydrogen (secondary N) is 1. The molecule has 7 nitrogen and oxygen atoms in total. The van der Waals surface area contributed by atoms with Crippen LogP contribution in [0.2, 0.25) is 0 Å². The van der Waals surface area contributed by atoms with Crippen molar-refractivity contribution in [1.29, 1.82) is 0 Å². The summed E-state index contributed by atoms with van der Waals surface area (Å²) in [6.45, 7) is 4.17. The van der Waals surface area contributed by atoms with Crippen molar-refractivity contribution in [1.82, 2.24) is 10.2 Å². The number of carbonyl (C=O) groups is 3. The van der Waals surface area contributed by atoms with Crippen LogP contribution in [-0.2, 0) is 14.3 Å². The number of amides is 2. The van der Waals surface area contributed by atoms with Gasteiger partial charge in [-0.2, -0.15) is 0 Å². The molecule has 0 aromatic carbocycles. The first-order valence-corrected chi connectivity index (χ1v) is 6.25. The SMILES string of the molecule is CCOC(=O)CCN(C)C(=O)NCCC(C)C(=O)O. The molecule has 0 fully saturated rings. The second-order valence-corrected chi connectivity index (χ2v) is 4.24. The minimum absolute atomic E-state index is 0.142. The van der Waals surface area contributed by atoms with Crippen molar-refractivity contribution in [3.05, 3.63) is 0 Å². The number of hydrogen-bond donors (Lipinski definition) is 2. The zero-order valence-corrected chi connectivity index (χ0v) is 11.6. The van der Waals surface area contributed by atoms with Crippen LogP contribution in [0.5, 0.6) is 0 Å². The number of ether oxygens (including phenoxy) is 1.